The molecule has 1 unspecified atom stereocenters. The summed E-state index contributed by atoms with van der Waals surface area (Å²) in [5, 5.41) is 0. The minimum Gasteiger partial charge on any atom is -0.328 e. The topological polar surface area (TPSA) is 56.7 Å². The van der Waals surface area contributed by atoms with E-state index in [1.807, 2.05) is 24.4 Å². The van der Waals surface area contributed by atoms with Gasteiger partial charge in [-0.15, -0.1) is 0 Å². The van der Waals surface area contributed by atoms with Crippen molar-refractivity contribution in [1.29, 1.82) is 0 Å². The van der Waals surface area contributed by atoms with Gasteiger partial charge < -0.3 is 10.3 Å². The first-order valence-electron chi connectivity index (χ1n) is 6.99. The number of nitrogens with two attached hydrogens (primary N) is 1. The molecule has 0 saturated heterocycles. The van der Waals surface area contributed by atoms with E-state index < -0.39 is 0 Å². The van der Waals surface area contributed by atoms with E-state index in [2.05, 4.69) is 16.5 Å². The van der Waals surface area contributed by atoms with Gasteiger partial charge in [-0.25, -0.2) is 4.98 Å². The van der Waals surface area contributed by atoms with Gasteiger partial charge in [-0.05, 0) is 44.7 Å². The molecule has 2 aromatic heterocycles. The molecule has 0 saturated carbocycles. The second kappa shape index (κ2) is 5.13. The summed E-state index contributed by atoms with van der Waals surface area (Å²) >= 11 is 0. The van der Waals surface area contributed by atoms with Crippen molar-refractivity contribution in [2.24, 2.45) is 5.73 Å². The highest BCUT2D eigenvalue weighted by Gasteiger charge is 2.24. The second-order valence-corrected chi connectivity index (χ2v) is 5.14. The Labute approximate surface area is 113 Å². The first kappa shape index (κ1) is 12.4. The molecule has 1 atom stereocenters. The fourth-order valence-electron chi connectivity index (χ4n) is 3.04. The molecular formula is C15H20N4. The number of aryl methyl sites for hydroxylation is 2. The maximum atomic E-state index is 6.01. The van der Waals surface area contributed by atoms with Crippen molar-refractivity contribution in [3.05, 3.63) is 47.3 Å². The van der Waals surface area contributed by atoms with Crippen molar-refractivity contribution in [3.63, 3.8) is 0 Å². The molecule has 0 spiro atoms. The van der Waals surface area contributed by atoms with Gasteiger partial charge in [0.1, 0.15) is 5.82 Å². The first-order valence-corrected chi connectivity index (χ1v) is 6.99. The van der Waals surface area contributed by atoms with Crippen LogP contribution in [0.2, 0.25) is 0 Å². The number of fused-ring (bicyclic) bond motifs is 1. The number of hydrogen-bond donors (Lipinski definition) is 1. The van der Waals surface area contributed by atoms with Gasteiger partial charge in [0.15, 0.2) is 0 Å². The molecule has 19 heavy (non-hydrogen) atoms. The Balaban J connectivity index is 2.07. The summed E-state index contributed by atoms with van der Waals surface area (Å²) < 4.78 is 2.30. The van der Waals surface area contributed by atoms with Crippen molar-refractivity contribution < 1.29 is 0 Å². The lowest BCUT2D eigenvalue weighted by Gasteiger charge is -2.22. The van der Waals surface area contributed by atoms with Crippen molar-refractivity contribution in [2.75, 3.05) is 6.54 Å². The molecule has 0 aromatic carbocycles. The highest BCUT2D eigenvalue weighted by atomic mass is 15.1. The van der Waals surface area contributed by atoms with Crippen LogP contribution >= 0.6 is 0 Å². The molecular weight excluding hydrogens is 236 g/mol. The Morgan fingerprint density at radius 1 is 1.32 bits per heavy atom. The molecule has 1 aliphatic rings. The van der Waals surface area contributed by atoms with Gasteiger partial charge in [-0.1, -0.05) is 6.07 Å². The quantitative estimate of drug-likeness (QED) is 0.914. The first-order chi connectivity index (χ1) is 9.31. The standard InChI is InChI=1S/C15H20N4/c1-11-18-13-7-2-3-8-14(13)19(11)15(10-16)12-6-4-5-9-17-12/h4-6,9,15H,2-3,7-8,10,16H2,1H3. The largest absolute Gasteiger partial charge is 0.328 e. The summed E-state index contributed by atoms with van der Waals surface area (Å²) in [5.41, 5.74) is 9.66. The van der Waals surface area contributed by atoms with E-state index in [4.69, 9.17) is 10.7 Å². The number of nitrogens with zero attached hydrogens (tertiary/aromatic N) is 3. The van der Waals surface area contributed by atoms with Gasteiger partial charge >= 0.3 is 0 Å². The van der Waals surface area contributed by atoms with Gasteiger partial charge in [0.2, 0.25) is 0 Å². The van der Waals surface area contributed by atoms with Gasteiger partial charge in [-0.2, -0.15) is 0 Å². The van der Waals surface area contributed by atoms with E-state index in [-0.39, 0.29) is 6.04 Å². The Hall–Kier alpha value is -1.68. The molecule has 3 rings (SSSR count). The Kier molecular flexibility index (Phi) is 3.34. The summed E-state index contributed by atoms with van der Waals surface area (Å²) in [6.45, 7) is 2.63. The van der Waals surface area contributed by atoms with Crippen molar-refractivity contribution in [2.45, 2.75) is 38.6 Å². The van der Waals surface area contributed by atoms with Crippen molar-refractivity contribution >= 4 is 0 Å². The number of hydrogen-bond acceptors (Lipinski definition) is 3. The highest BCUT2D eigenvalue weighted by molar-refractivity contribution is 5.24. The van der Waals surface area contributed by atoms with Crippen LogP contribution in [0.4, 0.5) is 0 Å². The van der Waals surface area contributed by atoms with Crippen LogP contribution in [0, 0.1) is 6.92 Å². The van der Waals surface area contributed by atoms with Crippen LogP contribution in [0.25, 0.3) is 0 Å². The Morgan fingerprint density at radius 3 is 2.89 bits per heavy atom. The zero-order chi connectivity index (χ0) is 13.2. The van der Waals surface area contributed by atoms with Crippen LogP contribution in [0.1, 0.15) is 41.8 Å². The fourth-order valence-corrected chi connectivity index (χ4v) is 3.04. The molecule has 0 amide bonds. The highest BCUT2D eigenvalue weighted by Crippen LogP contribution is 2.27. The monoisotopic (exact) mass is 256 g/mol. The van der Waals surface area contributed by atoms with Gasteiger partial charge in [0.05, 0.1) is 17.4 Å². The van der Waals surface area contributed by atoms with E-state index in [9.17, 15) is 0 Å². The van der Waals surface area contributed by atoms with Crippen LogP contribution in [-0.4, -0.2) is 21.1 Å². The Morgan fingerprint density at radius 2 is 2.16 bits per heavy atom. The molecule has 0 fully saturated rings. The third-order valence-corrected chi connectivity index (χ3v) is 3.91. The molecule has 2 heterocycles. The van der Waals surface area contributed by atoms with E-state index in [0.29, 0.717) is 6.54 Å². The third-order valence-electron chi connectivity index (χ3n) is 3.91. The van der Waals surface area contributed by atoms with E-state index in [1.165, 1.54) is 24.2 Å². The maximum absolute atomic E-state index is 6.01. The molecule has 4 nitrogen and oxygen atoms in total. The fraction of sp³-hybridized carbons (Fsp3) is 0.467. The lowest BCUT2D eigenvalue weighted by molar-refractivity contribution is 0.527. The zero-order valence-corrected chi connectivity index (χ0v) is 11.3. The molecule has 1 aliphatic carbocycles. The average Bonchev–Trinajstić information content (AvgIpc) is 2.78. The van der Waals surface area contributed by atoms with Gasteiger partial charge in [0, 0.05) is 18.4 Å². The maximum Gasteiger partial charge on any atom is 0.106 e. The lowest BCUT2D eigenvalue weighted by atomic mass is 10.0. The second-order valence-electron chi connectivity index (χ2n) is 5.14. The van der Waals surface area contributed by atoms with Crippen molar-refractivity contribution in [1.82, 2.24) is 14.5 Å². The molecule has 100 valence electrons. The number of imidazole rings is 1. The minimum atomic E-state index is 0.107. The average molecular weight is 256 g/mol. The van der Waals surface area contributed by atoms with Crippen LogP contribution in [-0.2, 0) is 12.8 Å². The van der Waals surface area contributed by atoms with E-state index in [0.717, 1.165) is 24.4 Å². The van der Waals surface area contributed by atoms with Crippen LogP contribution < -0.4 is 5.73 Å². The Bertz CT molecular complexity index is 559. The predicted molar refractivity (Wildman–Crippen MR) is 75.0 cm³/mol. The molecule has 0 bridgehead atoms. The van der Waals surface area contributed by atoms with Crippen LogP contribution in [0.15, 0.2) is 24.4 Å². The van der Waals surface area contributed by atoms with E-state index >= 15 is 0 Å². The van der Waals surface area contributed by atoms with Gasteiger partial charge in [0.25, 0.3) is 0 Å². The van der Waals surface area contributed by atoms with E-state index in [1.54, 1.807) is 0 Å². The molecule has 0 aliphatic heterocycles. The number of aromatic nitrogens is 3. The number of rotatable bonds is 3. The third kappa shape index (κ3) is 2.16. The lowest BCUT2D eigenvalue weighted by Crippen LogP contribution is -2.24. The molecule has 2 aromatic rings. The summed E-state index contributed by atoms with van der Waals surface area (Å²) in [6, 6.07) is 6.11. The smallest absolute Gasteiger partial charge is 0.106 e. The van der Waals surface area contributed by atoms with Gasteiger partial charge in [-0.3, -0.25) is 4.98 Å². The molecule has 0 radical (unpaired) electrons. The predicted octanol–water partition coefficient (Wildman–Crippen LogP) is 2.01. The molecule has 4 heteroatoms. The SMILES string of the molecule is Cc1nc2c(n1C(CN)c1ccccn1)CCCC2. The normalized spacial score (nSPS) is 16.1. The van der Waals surface area contributed by atoms with Crippen LogP contribution in [0.3, 0.4) is 0 Å². The van der Waals surface area contributed by atoms with Crippen molar-refractivity contribution in [3.8, 4) is 0 Å². The van der Waals surface area contributed by atoms with Crippen LogP contribution in [0.5, 0.6) is 0 Å². The molecule has 2 N–H and O–H groups in total. The summed E-state index contributed by atoms with van der Waals surface area (Å²) in [4.78, 5) is 9.19. The zero-order valence-electron chi connectivity index (χ0n) is 11.3. The summed E-state index contributed by atoms with van der Waals surface area (Å²) in [7, 11) is 0. The summed E-state index contributed by atoms with van der Waals surface area (Å²) in [5.74, 6) is 1.06. The minimum absolute atomic E-state index is 0.107. The summed E-state index contributed by atoms with van der Waals surface area (Å²) in [6.07, 6.45) is 6.54. The number of pyridine rings is 1.